The number of carboxylic acid groups (broad SMARTS) is 1. The standard InChI is InChI=1S/C12H15F2NO2/c1-15-8-2-3-9(15)11(10(16)17)4-6-12(13,14)7-5-11/h2-3,8H,4-7H2,1H3,(H,16,17). The molecule has 0 amide bonds. The third kappa shape index (κ3) is 1.94. The van der Waals surface area contributed by atoms with Gasteiger partial charge in [-0.2, -0.15) is 0 Å². The molecule has 0 bridgehead atoms. The van der Waals surface area contributed by atoms with Crippen LogP contribution in [0.2, 0.25) is 0 Å². The van der Waals surface area contributed by atoms with Gasteiger partial charge in [0.15, 0.2) is 0 Å². The van der Waals surface area contributed by atoms with Crippen LogP contribution in [0, 0.1) is 0 Å². The van der Waals surface area contributed by atoms with Crippen molar-refractivity contribution in [1.82, 2.24) is 4.57 Å². The molecular formula is C12H15F2NO2. The van der Waals surface area contributed by atoms with Crippen molar-refractivity contribution < 1.29 is 18.7 Å². The lowest BCUT2D eigenvalue weighted by atomic mass is 9.70. The van der Waals surface area contributed by atoms with E-state index in [1.165, 1.54) is 0 Å². The van der Waals surface area contributed by atoms with E-state index in [1.54, 1.807) is 29.9 Å². The molecule has 1 N–H and O–H groups in total. The Bertz CT molecular complexity index is 429. The van der Waals surface area contributed by atoms with Gasteiger partial charge in [-0.25, -0.2) is 8.78 Å². The molecule has 1 aromatic heterocycles. The smallest absolute Gasteiger partial charge is 0.315 e. The molecule has 0 atom stereocenters. The Balaban J connectivity index is 2.37. The molecule has 17 heavy (non-hydrogen) atoms. The van der Waals surface area contributed by atoms with Gasteiger partial charge in [-0.1, -0.05) is 0 Å². The van der Waals surface area contributed by atoms with Crippen LogP contribution in [0.5, 0.6) is 0 Å². The number of hydrogen-bond donors (Lipinski definition) is 1. The van der Waals surface area contributed by atoms with Gasteiger partial charge in [-0.3, -0.25) is 4.79 Å². The normalized spacial score (nSPS) is 22.3. The zero-order chi connectivity index (χ0) is 12.7. The van der Waals surface area contributed by atoms with Crippen LogP contribution in [0.25, 0.3) is 0 Å². The second-order valence-electron chi connectivity index (χ2n) is 4.75. The molecule has 1 aliphatic rings. The van der Waals surface area contributed by atoms with Gasteiger partial charge in [0.1, 0.15) is 5.41 Å². The number of aryl methyl sites for hydroxylation is 1. The summed E-state index contributed by atoms with van der Waals surface area (Å²) in [5.41, 5.74) is -0.541. The summed E-state index contributed by atoms with van der Waals surface area (Å²) in [6.07, 6.45) is 1.02. The Morgan fingerprint density at radius 2 is 1.94 bits per heavy atom. The monoisotopic (exact) mass is 243 g/mol. The molecule has 94 valence electrons. The lowest BCUT2D eigenvalue weighted by Crippen LogP contribution is -2.43. The molecule has 0 aliphatic heterocycles. The topological polar surface area (TPSA) is 42.2 Å². The van der Waals surface area contributed by atoms with Crippen LogP contribution in [-0.4, -0.2) is 21.6 Å². The minimum absolute atomic E-state index is 0.00676. The number of carbonyl (C=O) groups is 1. The number of aliphatic carboxylic acids is 1. The van der Waals surface area contributed by atoms with Crippen LogP contribution in [0.3, 0.4) is 0 Å². The predicted molar refractivity (Wildman–Crippen MR) is 58.1 cm³/mol. The SMILES string of the molecule is Cn1cccc1C1(C(=O)O)CCC(F)(F)CC1. The van der Waals surface area contributed by atoms with Crippen molar-refractivity contribution in [2.24, 2.45) is 7.05 Å². The summed E-state index contributed by atoms with van der Waals surface area (Å²) in [7, 11) is 1.74. The average molecular weight is 243 g/mol. The molecule has 5 heteroatoms. The van der Waals surface area contributed by atoms with Gasteiger partial charge in [0, 0.05) is 31.8 Å². The first kappa shape index (κ1) is 12.1. The fourth-order valence-corrected chi connectivity index (χ4v) is 2.58. The fraction of sp³-hybridized carbons (Fsp3) is 0.583. The average Bonchev–Trinajstić information content (AvgIpc) is 2.65. The predicted octanol–water partition coefficient (Wildman–Crippen LogP) is 2.56. The zero-order valence-electron chi connectivity index (χ0n) is 9.62. The Labute approximate surface area is 98.1 Å². The maximum absolute atomic E-state index is 13.2. The van der Waals surface area contributed by atoms with E-state index in [0.29, 0.717) is 5.69 Å². The van der Waals surface area contributed by atoms with Crippen molar-refractivity contribution in [2.45, 2.75) is 37.0 Å². The van der Waals surface area contributed by atoms with E-state index in [1.807, 2.05) is 0 Å². The van der Waals surface area contributed by atoms with E-state index < -0.39 is 17.3 Å². The molecule has 0 saturated heterocycles. The number of rotatable bonds is 2. The first-order valence-corrected chi connectivity index (χ1v) is 5.60. The van der Waals surface area contributed by atoms with Crippen LogP contribution >= 0.6 is 0 Å². The fourth-order valence-electron chi connectivity index (χ4n) is 2.58. The van der Waals surface area contributed by atoms with Gasteiger partial charge in [0.05, 0.1) is 0 Å². The summed E-state index contributed by atoms with van der Waals surface area (Å²) in [4.78, 5) is 11.5. The number of halogens is 2. The molecule has 1 heterocycles. The molecule has 0 unspecified atom stereocenters. The third-order valence-corrected chi connectivity index (χ3v) is 3.68. The molecule has 1 saturated carbocycles. The molecule has 1 fully saturated rings. The Kier molecular flexibility index (Phi) is 2.72. The van der Waals surface area contributed by atoms with Gasteiger partial charge in [-0.15, -0.1) is 0 Å². The van der Waals surface area contributed by atoms with Crippen LogP contribution in [-0.2, 0) is 17.3 Å². The second kappa shape index (κ2) is 3.82. The summed E-state index contributed by atoms with van der Waals surface area (Å²) in [5, 5.41) is 9.40. The third-order valence-electron chi connectivity index (χ3n) is 3.68. The minimum Gasteiger partial charge on any atom is -0.481 e. The highest BCUT2D eigenvalue weighted by molar-refractivity contribution is 5.81. The Hall–Kier alpha value is -1.39. The Morgan fingerprint density at radius 1 is 1.35 bits per heavy atom. The van der Waals surface area contributed by atoms with Gasteiger partial charge in [-0.05, 0) is 25.0 Å². The summed E-state index contributed by atoms with van der Waals surface area (Å²) >= 11 is 0. The van der Waals surface area contributed by atoms with E-state index in [0.717, 1.165) is 0 Å². The van der Waals surface area contributed by atoms with Crippen molar-refractivity contribution >= 4 is 5.97 Å². The van der Waals surface area contributed by atoms with Gasteiger partial charge in [0.2, 0.25) is 5.92 Å². The Morgan fingerprint density at radius 3 is 2.35 bits per heavy atom. The number of carboxylic acids is 1. The van der Waals surface area contributed by atoms with Crippen LogP contribution in [0.15, 0.2) is 18.3 Å². The number of nitrogens with zero attached hydrogens (tertiary/aromatic N) is 1. The number of alkyl halides is 2. The molecule has 1 aliphatic carbocycles. The molecule has 0 radical (unpaired) electrons. The van der Waals surface area contributed by atoms with Crippen LogP contribution in [0.1, 0.15) is 31.4 Å². The lowest BCUT2D eigenvalue weighted by Gasteiger charge is -2.37. The molecule has 3 nitrogen and oxygen atoms in total. The maximum atomic E-state index is 13.2. The van der Waals surface area contributed by atoms with Crippen LogP contribution in [0.4, 0.5) is 8.78 Å². The number of hydrogen-bond acceptors (Lipinski definition) is 1. The summed E-state index contributed by atoms with van der Waals surface area (Å²) < 4.78 is 28.0. The van der Waals surface area contributed by atoms with Crippen LogP contribution < -0.4 is 0 Å². The van der Waals surface area contributed by atoms with Crippen molar-refractivity contribution in [3.63, 3.8) is 0 Å². The number of aromatic nitrogens is 1. The maximum Gasteiger partial charge on any atom is 0.315 e. The van der Waals surface area contributed by atoms with Gasteiger partial charge >= 0.3 is 5.97 Å². The summed E-state index contributed by atoms with van der Waals surface area (Å²) in [6, 6.07) is 3.45. The highest BCUT2D eigenvalue weighted by atomic mass is 19.3. The van der Waals surface area contributed by atoms with E-state index in [4.69, 9.17) is 0 Å². The van der Waals surface area contributed by atoms with E-state index in [2.05, 4.69) is 0 Å². The van der Waals surface area contributed by atoms with Gasteiger partial charge < -0.3 is 9.67 Å². The zero-order valence-corrected chi connectivity index (χ0v) is 9.62. The largest absolute Gasteiger partial charge is 0.481 e. The first-order chi connectivity index (χ1) is 7.87. The van der Waals surface area contributed by atoms with Crippen molar-refractivity contribution in [3.05, 3.63) is 24.0 Å². The lowest BCUT2D eigenvalue weighted by molar-refractivity contribution is -0.149. The van der Waals surface area contributed by atoms with E-state index in [-0.39, 0.29) is 25.7 Å². The van der Waals surface area contributed by atoms with E-state index in [9.17, 15) is 18.7 Å². The van der Waals surface area contributed by atoms with E-state index >= 15 is 0 Å². The highest BCUT2D eigenvalue weighted by Gasteiger charge is 2.50. The quantitative estimate of drug-likeness (QED) is 0.867. The van der Waals surface area contributed by atoms with Gasteiger partial charge in [0.25, 0.3) is 0 Å². The molecule has 0 spiro atoms. The molecule has 2 rings (SSSR count). The molecule has 1 aromatic rings. The second-order valence-corrected chi connectivity index (χ2v) is 4.75. The van der Waals surface area contributed by atoms with Crippen molar-refractivity contribution in [1.29, 1.82) is 0 Å². The molecule has 0 aromatic carbocycles. The van der Waals surface area contributed by atoms with Crippen molar-refractivity contribution in [3.8, 4) is 0 Å². The summed E-state index contributed by atoms with van der Waals surface area (Å²) in [6.45, 7) is 0. The summed E-state index contributed by atoms with van der Waals surface area (Å²) in [5.74, 6) is -3.72. The molecular weight excluding hydrogens is 228 g/mol. The highest BCUT2D eigenvalue weighted by Crippen LogP contribution is 2.45. The first-order valence-electron chi connectivity index (χ1n) is 5.60. The minimum atomic E-state index is -2.72. The van der Waals surface area contributed by atoms with Crippen molar-refractivity contribution in [2.75, 3.05) is 0 Å².